The van der Waals surface area contributed by atoms with E-state index in [2.05, 4.69) is 10.4 Å². The highest BCUT2D eigenvalue weighted by Crippen LogP contribution is 2.24. The van der Waals surface area contributed by atoms with E-state index in [1.54, 1.807) is 54.1 Å². The van der Waals surface area contributed by atoms with Crippen LogP contribution in [-0.4, -0.2) is 47.3 Å². The smallest absolute Gasteiger partial charge is 0.272 e. The van der Waals surface area contributed by atoms with E-state index in [-0.39, 0.29) is 24.0 Å². The lowest BCUT2D eigenvalue weighted by atomic mass is 10.2. The number of ether oxygens (including phenoxy) is 2. The molecule has 0 radical (unpaired) electrons. The summed E-state index contributed by atoms with van der Waals surface area (Å²) in [6, 6.07) is 12.9. The number of aryl methyl sites for hydroxylation is 1. The van der Waals surface area contributed by atoms with Gasteiger partial charge in [-0.05, 0) is 42.3 Å². The number of fused-ring (bicyclic) bond motifs is 1. The molecule has 9 heteroatoms. The second kappa shape index (κ2) is 9.72. The quantitative estimate of drug-likeness (QED) is 0.596. The topological polar surface area (TPSA) is 85.7 Å². The zero-order chi connectivity index (χ0) is 23.4. The molecule has 2 amide bonds. The van der Waals surface area contributed by atoms with Crippen LogP contribution in [0.1, 0.15) is 38.5 Å². The van der Waals surface area contributed by atoms with Crippen molar-refractivity contribution < 1.29 is 23.5 Å². The summed E-state index contributed by atoms with van der Waals surface area (Å²) in [6.07, 6.45) is 0.698. The number of nitrogens with one attached hydrogen (secondary N) is 1. The molecular formula is C24H25FN4O4. The molecule has 1 aromatic heterocycles. The number of hydrogen-bond acceptors (Lipinski definition) is 5. The van der Waals surface area contributed by atoms with Crippen LogP contribution in [0.15, 0.2) is 48.5 Å². The first-order valence-corrected chi connectivity index (χ1v) is 10.6. The van der Waals surface area contributed by atoms with Crippen molar-refractivity contribution in [2.24, 2.45) is 0 Å². The lowest BCUT2D eigenvalue weighted by Gasteiger charge is -2.20. The van der Waals surface area contributed by atoms with Gasteiger partial charge in [-0.3, -0.25) is 14.3 Å². The highest BCUT2D eigenvalue weighted by atomic mass is 19.1. The van der Waals surface area contributed by atoms with E-state index in [0.29, 0.717) is 43.2 Å². The molecular weight excluding hydrogens is 427 g/mol. The van der Waals surface area contributed by atoms with E-state index in [0.717, 1.165) is 11.1 Å². The van der Waals surface area contributed by atoms with Gasteiger partial charge in [-0.15, -0.1) is 0 Å². The number of carbonyl (C=O) groups is 2. The zero-order valence-electron chi connectivity index (χ0n) is 18.5. The lowest BCUT2D eigenvalue weighted by molar-refractivity contribution is 0.0745. The van der Waals surface area contributed by atoms with Crippen molar-refractivity contribution in [2.45, 2.75) is 26.1 Å². The molecule has 2 aromatic carbocycles. The van der Waals surface area contributed by atoms with Crippen LogP contribution in [-0.2, 0) is 19.6 Å². The van der Waals surface area contributed by atoms with E-state index in [1.807, 2.05) is 0 Å². The maximum atomic E-state index is 13.2. The van der Waals surface area contributed by atoms with Crippen LogP contribution in [0, 0.1) is 5.82 Å². The Morgan fingerprint density at radius 1 is 1.09 bits per heavy atom. The highest BCUT2D eigenvalue weighted by molar-refractivity contribution is 5.98. The molecule has 1 N–H and O–H groups in total. The van der Waals surface area contributed by atoms with Gasteiger partial charge >= 0.3 is 0 Å². The molecule has 172 valence electrons. The summed E-state index contributed by atoms with van der Waals surface area (Å²) in [5, 5.41) is 7.18. The Labute approximate surface area is 190 Å². The van der Waals surface area contributed by atoms with Crippen LogP contribution in [0.5, 0.6) is 11.5 Å². The molecule has 0 spiro atoms. The molecule has 8 nitrogen and oxygen atoms in total. The first-order valence-electron chi connectivity index (χ1n) is 10.6. The maximum absolute atomic E-state index is 13.2. The number of hydrogen-bond donors (Lipinski definition) is 1. The summed E-state index contributed by atoms with van der Waals surface area (Å²) < 4.78 is 25.4. The Kier molecular flexibility index (Phi) is 6.58. The fourth-order valence-electron chi connectivity index (χ4n) is 3.79. The summed E-state index contributed by atoms with van der Waals surface area (Å²) in [5.74, 6) is 0.362. The first-order chi connectivity index (χ1) is 16.0. The average molecular weight is 452 g/mol. The number of carbonyl (C=O) groups excluding carboxylic acids is 2. The van der Waals surface area contributed by atoms with Crippen LogP contribution in [0.2, 0.25) is 0 Å². The number of rotatable bonds is 7. The molecule has 0 atom stereocenters. The van der Waals surface area contributed by atoms with Crippen LogP contribution in [0.3, 0.4) is 0 Å². The second-order valence-corrected chi connectivity index (χ2v) is 7.71. The Morgan fingerprint density at radius 3 is 2.61 bits per heavy atom. The molecule has 4 rings (SSSR count). The van der Waals surface area contributed by atoms with Gasteiger partial charge in [0.2, 0.25) is 0 Å². The number of benzene rings is 2. The molecule has 2 heterocycles. The number of amides is 2. The van der Waals surface area contributed by atoms with Crippen molar-refractivity contribution in [3.63, 3.8) is 0 Å². The summed E-state index contributed by atoms with van der Waals surface area (Å²) in [7, 11) is 3.13. The van der Waals surface area contributed by atoms with Gasteiger partial charge in [-0.25, -0.2) is 4.39 Å². The van der Waals surface area contributed by atoms with E-state index in [1.165, 1.54) is 18.2 Å². The molecule has 0 aliphatic carbocycles. The van der Waals surface area contributed by atoms with E-state index in [9.17, 15) is 14.0 Å². The summed E-state index contributed by atoms with van der Waals surface area (Å²) in [5.41, 5.74) is 2.12. The van der Waals surface area contributed by atoms with Crippen molar-refractivity contribution in [3.8, 4) is 11.5 Å². The molecule has 1 aliphatic rings. The molecule has 0 unspecified atom stereocenters. The lowest BCUT2D eigenvalue weighted by Crippen LogP contribution is -2.30. The predicted molar refractivity (Wildman–Crippen MR) is 119 cm³/mol. The van der Waals surface area contributed by atoms with Crippen molar-refractivity contribution in [2.75, 3.05) is 20.8 Å². The van der Waals surface area contributed by atoms with Crippen LogP contribution in [0.4, 0.5) is 4.39 Å². The normalized spacial score (nSPS) is 13.3. The third kappa shape index (κ3) is 4.97. The van der Waals surface area contributed by atoms with Gasteiger partial charge in [0.25, 0.3) is 11.8 Å². The minimum Gasteiger partial charge on any atom is -0.497 e. The molecule has 0 saturated carbocycles. The second-order valence-electron chi connectivity index (χ2n) is 7.71. The largest absolute Gasteiger partial charge is 0.497 e. The van der Waals surface area contributed by atoms with Gasteiger partial charge in [-0.1, -0.05) is 12.1 Å². The van der Waals surface area contributed by atoms with Crippen molar-refractivity contribution >= 4 is 11.8 Å². The van der Waals surface area contributed by atoms with Gasteiger partial charge in [0, 0.05) is 37.8 Å². The van der Waals surface area contributed by atoms with E-state index in [4.69, 9.17) is 9.47 Å². The van der Waals surface area contributed by atoms with Crippen molar-refractivity contribution in [1.29, 1.82) is 0 Å². The summed E-state index contributed by atoms with van der Waals surface area (Å²) >= 11 is 0. The van der Waals surface area contributed by atoms with Gasteiger partial charge in [0.1, 0.15) is 23.0 Å². The number of aromatic nitrogens is 2. The zero-order valence-corrected chi connectivity index (χ0v) is 18.5. The van der Waals surface area contributed by atoms with Gasteiger partial charge in [-0.2, -0.15) is 5.10 Å². The molecule has 1 aliphatic heterocycles. The number of methoxy groups -OCH3 is 2. The highest BCUT2D eigenvalue weighted by Gasteiger charge is 2.26. The average Bonchev–Trinajstić information content (AvgIpc) is 3.21. The minimum atomic E-state index is -0.390. The number of nitrogens with zero attached hydrogens (tertiary/aromatic N) is 3. The molecule has 33 heavy (non-hydrogen) atoms. The standard InChI is InChI=1S/C24H25FN4O4/c1-32-19-8-9-22(33-2)17(12-19)14-26-23(30)20-13-21-24(31)28(10-3-11-29(21)27-20)15-16-4-6-18(25)7-5-16/h4-9,12-13H,3,10-11,14-15H2,1-2H3,(H,26,30). The van der Waals surface area contributed by atoms with Gasteiger partial charge < -0.3 is 19.7 Å². The SMILES string of the molecule is COc1ccc(OC)c(CNC(=O)c2cc3n(n2)CCCN(Cc2ccc(F)cc2)C3=O)c1. The Hall–Kier alpha value is -3.88. The Bertz CT molecular complexity index is 1160. The Morgan fingerprint density at radius 2 is 1.88 bits per heavy atom. The fraction of sp³-hybridized carbons (Fsp3) is 0.292. The van der Waals surface area contributed by atoms with Crippen LogP contribution in [0.25, 0.3) is 0 Å². The monoisotopic (exact) mass is 452 g/mol. The minimum absolute atomic E-state index is 0.170. The maximum Gasteiger partial charge on any atom is 0.272 e. The first kappa shape index (κ1) is 22.3. The van der Waals surface area contributed by atoms with Crippen LogP contribution < -0.4 is 14.8 Å². The Balaban J connectivity index is 1.47. The van der Waals surface area contributed by atoms with Crippen molar-refractivity contribution in [1.82, 2.24) is 20.0 Å². The summed E-state index contributed by atoms with van der Waals surface area (Å²) in [4.78, 5) is 27.6. The van der Waals surface area contributed by atoms with Gasteiger partial charge in [0.05, 0.1) is 14.2 Å². The van der Waals surface area contributed by atoms with Crippen molar-refractivity contribution in [3.05, 3.63) is 76.9 Å². The molecule has 0 fully saturated rings. The number of halogens is 1. The van der Waals surface area contributed by atoms with Gasteiger partial charge in [0.15, 0.2) is 5.69 Å². The third-order valence-electron chi connectivity index (χ3n) is 5.53. The van der Waals surface area contributed by atoms with E-state index < -0.39 is 5.91 Å². The molecule has 0 saturated heterocycles. The fourth-order valence-corrected chi connectivity index (χ4v) is 3.79. The van der Waals surface area contributed by atoms with E-state index >= 15 is 0 Å². The molecule has 0 bridgehead atoms. The summed E-state index contributed by atoms with van der Waals surface area (Å²) in [6.45, 7) is 1.65. The molecule has 3 aromatic rings. The third-order valence-corrected chi connectivity index (χ3v) is 5.53. The predicted octanol–water partition coefficient (Wildman–Crippen LogP) is 3.02. The van der Waals surface area contributed by atoms with Crippen LogP contribution >= 0.6 is 0 Å².